The number of amides is 2. The van der Waals surface area contributed by atoms with Crippen molar-refractivity contribution < 1.29 is 18.0 Å². The Balaban J connectivity index is 2.23. The molecule has 0 aliphatic carbocycles. The van der Waals surface area contributed by atoms with Crippen LogP contribution in [-0.4, -0.2) is 55.6 Å². The molecule has 2 N–H and O–H groups in total. The van der Waals surface area contributed by atoms with Crippen molar-refractivity contribution in [3.63, 3.8) is 0 Å². The Hall–Kier alpha value is -1.93. The zero-order valence-corrected chi connectivity index (χ0v) is 15.8. The molecular weight excluding hydrogens is 342 g/mol. The summed E-state index contributed by atoms with van der Waals surface area (Å²) in [7, 11) is -2.22. The lowest BCUT2D eigenvalue weighted by molar-refractivity contribution is 0.0787. The van der Waals surface area contributed by atoms with Crippen molar-refractivity contribution in [1.82, 2.24) is 9.21 Å². The Morgan fingerprint density at radius 3 is 2.52 bits per heavy atom. The number of hydrogen-bond donors (Lipinski definition) is 1. The molecule has 0 saturated heterocycles. The molecule has 1 aromatic carbocycles. The van der Waals surface area contributed by atoms with Gasteiger partial charge in [-0.1, -0.05) is 13.8 Å². The maximum Gasteiger partial charge on any atom is 0.268 e. The average molecular weight is 367 g/mol. The molecule has 138 valence electrons. The first-order valence-electron chi connectivity index (χ1n) is 8.33. The van der Waals surface area contributed by atoms with Crippen LogP contribution in [-0.2, 0) is 10.0 Å². The van der Waals surface area contributed by atoms with Crippen LogP contribution in [0.25, 0.3) is 0 Å². The molecule has 1 aliphatic rings. The second-order valence-electron chi connectivity index (χ2n) is 6.61. The number of rotatable bonds is 6. The Kier molecular flexibility index (Phi) is 5.53. The summed E-state index contributed by atoms with van der Waals surface area (Å²) in [5.41, 5.74) is 6.36. The summed E-state index contributed by atoms with van der Waals surface area (Å²) in [4.78, 5) is 26.1. The van der Waals surface area contributed by atoms with E-state index in [4.69, 9.17) is 5.73 Å². The van der Waals surface area contributed by atoms with Crippen molar-refractivity contribution >= 4 is 21.8 Å². The van der Waals surface area contributed by atoms with E-state index in [9.17, 15) is 18.0 Å². The van der Waals surface area contributed by atoms with Gasteiger partial charge in [0, 0.05) is 31.7 Å². The Labute approximate surface area is 148 Å². The van der Waals surface area contributed by atoms with Gasteiger partial charge in [-0.15, -0.1) is 0 Å². The lowest BCUT2D eigenvalue weighted by Gasteiger charge is -2.21. The molecule has 1 aromatic rings. The summed E-state index contributed by atoms with van der Waals surface area (Å²) in [6.45, 7) is 6.18. The largest absolute Gasteiger partial charge is 0.342 e. The lowest BCUT2D eigenvalue weighted by Crippen LogP contribution is -2.34. The van der Waals surface area contributed by atoms with Gasteiger partial charge in [0.1, 0.15) is 4.90 Å². The lowest BCUT2D eigenvalue weighted by atomic mass is 10.0. The molecule has 0 saturated carbocycles. The zero-order valence-electron chi connectivity index (χ0n) is 15.0. The summed E-state index contributed by atoms with van der Waals surface area (Å²) < 4.78 is 25.7. The first-order valence-corrected chi connectivity index (χ1v) is 9.77. The van der Waals surface area contributed by atoms with Gasteiger partial charge in [-0.2, -0.15) is 0 Å². The molecule has 2 amide bonds. The molecule has 0 radical (unpaired) electrons. The second-order valence-corrected chi connectivity index (χ2v) is 8.44. The van der Waals surface area contributed by atoms with E-state index in [-0.39, 0.29) is 34.5 Å². The molecule has 2 rings (SSSR count). The van der Waals surface area contributed by atoms with E-state index in [0.29, 0.717) is 18.9 Å². The van der Waals surface area contributed by atoms with Crippen LogP contribution in [0.2, 0.25) is 0 Å². The number of fused-ring (bicyclic) bond motifs is 1. The maximum atomic E-state index is 12.6. The third-order valence-electron chi connectivity index (χ3n) is 4.54. The molecule has 25 heavy (non-hydrogen) atoms. The first-order chi connectivity index (χ1) is 11.6. The highest BCUT2D eigenvalue weighted by molar-refractivity contribution is 7.90. The van der Waals surface area contributed by atoms with Gasteiger partial charge < -0.3 is 10.6 Å². The molecule has 1 unspecified atom stereocenters. The van der Waals surface area contributed by atoms with Gasteiger partial charge >= 0.3 is 0 Å². The predicted molar refractivity (Wildman–Crippen MR) is 94.7 cm³/mol. The molecule has 0 bridgehead atoms. The van der Waals surface area contributed by atoms with Crippen LogP contribution < -0.4 is 5.73 Å². The van der Waals surface area contributed by atoms with Crippen molar-refractivity contribution in [2.24, 2.45) is 11.7 Å². The summed E-state index contributed by atoms with van der Waals surface area (Å²) in [5, 5.41) is 0. The minimum atomic E-state index is -3.87. The van der Waals surface area contributed by atoms with Crippen LogP contribution in [0.15, 0.2) is 23.1 Å². The molecule has 1 heterocycles. The summed E-state index contributed by atoms with van der Waals surface area (Å²) in [5.74, 6) is -0.524. The van der Waals surface area contributed by atoms with Gasteiger partial charge in [-0.3, -0.25) is 9.59 Å². The number of sulfonamides is 1. The van der Waals surface area contributed by atoms with E-state index in [1.165, 1.54) is 23.1 Å². The minimum absolute atomic E-state index is 0.00798. The molecule has 8 heteroatoms. The number of nitrogens with two attached hydrogens (primary N) is 1. The molecular formula is C17H25N3O4S. The van der Waals surface area contributed by atoms with E-state index in [2.05, 4.69) is 0 Å². The van der Waals surface area contributed by atoms with Crippen molar-refractivity contribution in [3.8, 4) is 0 Å². The molecule has 7 nitrogen and oxygen atoms in total. The summed E-state index contributed by atoms with van der Waals surface area (Å²) in [6, 6.07) is 4.18. The fourth-order valence-corrected chi connectivity index (χ4v) is 4.32. The molecule has 0 fully saturated rings. The minimum Gasteiger partial charge on any atom is -0.342 e. The van der Waals surface area contributed by atoms with Crippen molar-refractivity contribution in [3.05, 3.63) is 29.3 Å². The number of nitrogens with zero attached hydrogens (tertiary/aromatic N) is 2. The number of hydrogen-bond acceptors (Lipinski definition) is 5. The van der Waals surface area contributed by atoms with Crippen LogP contribution in [0.1, 0.15) is 47.9 Å². The van der Waals surface area contributed by atoms with Gasteiger partial charge in [0.05, 0.1) is 5.56 Å². The van der Waals surface area contributed by atoms with E-state index >= 15 is 0 Å². The van der Waals surface area contributed by atoms with Gasteiger partial charge in [-0.25, -0.2) is 12.7 Å². The topological polar surface area (TPSA) is 101 Å². The number of benzene rings is 1. The quantitative estimate of drug-likeness (QED) is 0.817. The Bertz CT molecular complexity index is 789. The third-order valence-corrected chi connectivity index (χ3v) is 6.44. The van der Waals surface area contributed by atoms with Gasteiger partial charge in [-0.05, 0) is 37.5 Å². The highest BCUT2D eigenvalue weighted by atomic mass is 32.2. The van der Waals surface area contributed by atoms with Gasteiger partial charge in [0.2, 0.25) is 0 Å². The standard InChI is InChI=1S/C17H25N3O4S/c1-5-20-17(22)13-7-6-12(10-15(13)25(20,23)24)16(21)19(4)9-8-14(18)11(2)3/h6-7,10-11,14H,5,8-9,18H2,1-4H3. The SMILES string of the molecule is CCN1C(=O)c2ccc(C(=O)N(C)CCC(N)C(C)C)cc2S1(=O)=O. The van der Waals surface area contributed by atoms with E-state index < -0.39 is 15.9 Å². The monoisotopic (exact) mass is 367 g/mol. The number of carbonyl (C=O) groups is 2. The predicted octanol–water partition coefficient (Wildman–Crippen LogP) is 1.30. The van der Waals surface area contributed by atoms with Crippen molar-refractivity contribution in [2.75, 3.05) is 20.1 Å². The second kappa shape index (κ2) is 7.13. The number of carbonyl (C=O) groups excluding carboxylic acids is 2. The van der Waals surface area contributed by atoms with Crippen molar-refractivity contribution in [2.45, 2.75) is 38.1 Å². The molecule has 1 aliphatic heterocycles. The van der Waals surface area contributed by atoms with Crippen LogP contribution in [0.4, 0.5) is 0 Å². The zero-order chi connectivity index (χ0) is 18.9. The van der Waals surface area contributed by atoms with Crippen LogP contribution >= 0.6 is 0 Å². The smallest absolute Gasteiger partial charge is 0.268 e. The fourth-order valence-electron chi connectivity index (χ4n) is 2.72. The first kappa shape index (κ1) is 19.4. The fraction of sp³-hybridized carbons (Fsp3) is 0.529. The highest BCUT2D eigenvalue weighted by Crippen LogP contribution is 2.31. The highest BCUT2D eigenvalue weighted by Gasteiger charge is 2.40. The van der Waals surface area contributed by atoms with E-state index in [0.717, 1.165) is 4.31 Å². The summed E-state index contributed by atoms with van der Waals surface area (Å²) in [6.07, 6.45) is 0.658. The molecule has 0 aromatic heterocycles. The van der Waals surface area contributed by atoms with E-state index in [1.54, 1.807) is 14.0 Å². The van der Waals surface area contributed by atoms with Crippen LogP contribution in [0.5, 0.6) is 0 Å². The maximum absolute atomic E-state index is 12.6. The van der Waals surface area contributed by atoms with Crippen molar-refractivity contribution in [1.29, 1.82) is 0 Å². The Morgan fingerprint density at radius 2 is 1.96 bits per heavy atom. The summed E-state index contributed by atoms with van der Waals surface area (Å²) >= 11 is 0. The van der Waals surface area contributed by atoms with Crippen LogP contribution in [0, 0.1) is 5.92 Å². The Morgan fingerprint density at radius 1 is 1.32 bits per heavy atom. The van der Waals surface area contributed by atoms with Crippen LogP contribution in [0.3, 0.4) is 0 Å². The normalized spacial score (nSPS) is 16.9. The van der Waals surface area contributed by atoms with E-state index in [1.807, 2.05) is 13.8 Å². The average Bonchev–Trinajstić information content (AvgIpc) is 2.76. The van der Waals surface area contributed by atoms with Gasteiger partial charge in [0.15, 0.2) is 0 Å². The van der Waals surface area contributed by atoms with Gasteiger partial charge in [0.25, 0.3) is 21.8 Å². The third kappa shape index (κ3) is 3.55. The molecule has 0 spiro atoms. The molecule has 1 atom stereocenters.